The van der Waals surface area contributed by atoms with E-state index in [0.717, 1.165) is 16.8 Å². The Hall–Kier alpha value is -3.32. The van der Waals surface area contributed by atoms with Gasteiger partial charge in [-0.05, 0) is 35.4 Å². The van der Waals surface area contributed by atoms with Crippen LogP contribution in [-0.4, -0.2) is 4.57 Å². The van der Waals surface area contributed by atoms with Crippen molar-refractivity contribution >= 4 is 27.4 Å². The molecule has 0 atom stereocenters. The maximum atomic E-state index is 3.93. The summed E-state index contributed by atoms with van der Waals surface area (Å²) in [7, 11) is 0. The number of nitrogens with zero attached hydrogens (tertiary/aromatic N) is 1. The molecule has 4 rings (SSSR count). The van der Waals surface area contributed by atoms with Crippen LogP contribution in [0.3, 0.4) is 0 Å². The molecule has 0 radical (unpaired) electrons. The SMILES string of the molecule is C=C/C=C(\C=C)c1cccc(-n2c3ccccc3c3ccccc32)c1. The Morgan fingerprint density at radius 3 is 2.00 bits per heavy atom. The Bertz CT molecular complexity index is 1070. The Morgan fingerprint density at radius 2 is 1.40 bits per heavy atom. The molecule has 0 unspecified atom stereocenters. The Morgan fingerprint density at radius 1 is 0.760 bits per heavy atom. The van der Waals surface area contributed by atoms with Gasteiger partial charge in [0.1, 0.15) is 0 Å². The number of rotatable bonds is 4. The summed E-state index contributed by atoms with van der Waals surface area (Å²) in [5.74, 6) is 0. The normalized spacial score (nSPS) is 11.8. The van der Waals surface area contributed by atoms with Crippen molar-refractivity contribution in [3.05, 3.63) is 110 Å². The third kappa shape index (κ3) is 2.50. The molecule has 0 saturated heterocycles. The highest BCUT2D eigenvalue weighted by Gasteiger charge is 2.11. The molecule has 0 aliphatic carbocycles. The number of hydrogen-bond donors (Lipinski definition) is 0. The van der Waals surface area contributed by atoms with E-state index in [1.807, 2.05) is 12.2 Å². The zero-order valence-electron chi connectivity index (χ0n) is 14.0. The first-order chi connectivity index (χ1) is 12.3. The number of aromatic nitrogens is 1. The largest absolute Gasteiger partial charge is 0.309 e. The summed E-state index contributed by atoms with van der Waals surface area (Å²) in [5, 5.41) is 2.54. The van der Waals surface area contributed by atoms with Crippen molar-refractivity contribution in [2.24, 2.45) is 0 Å². The summed E-state index contributed by atoms with van der Waals surface area (Å²) >= 11 is 0. The topological polar surface area (TPSA) is 4.93 Å². The van der Waals surface area contributed by atoms with Crippen molar-refractivity contribution in [1.29, 1.82) is 0 Å². The van der Waals surface area contributed by atoms with Crippen LogP contribution < -0.4 is 0 Å². The van der Waals surface area contributed by atoms with Gasteiger partial charge in [-0.2, -0.15) is 0 Å². The van der Waals surface area contributed by atoms with Crippen LogP contribution in [0.1, 0.15) is 5.56 Å². The lowest BCUT2D eigenvalue weighted by molar-refractivity contribution is 1.18. The maximum absolute atomic E-state index is 3.93. The third-order valence-electron chi connectivity index (χ3n) is 4.54. The van der Waals surface area contributed by atoms with E-state index < -0.39 is 0 Å². The van der Waals surface area contributed by atoms with E-state index in [0.29, 0.717) is 0 Å². The molecule has 1 aromatic heterocycles. The number of para-hydroxylation sites is 2. The fourth-order valence-electron chi connectivity index (χ4n) is 3.43. The van der Waals surface area contributed by atoms with Crippen LogP contribution in [0.15, 0.2) is 104 Å². The van der Waals surface area contributed by atoms with Crippen molar-refractivity contribution in [2.75, 3.05) is 0 Å². The molecule has 0 aliphatic rings. The number of fused-ring (bicyclic) bond motifs is 3. The van der Waals surface area contributed by atoms with Crippen LogP contribution in [0.2, 0.25) is 0 Å². The summed E-state index contributed by atoms with van der Waals surface area (Å²) in [6.45, 7) is 7.72. The second-order valence-corrected chi connectivity index (χ2v) is 5.98. The summed E-state index contributed by atoms with van der Waals surface area (Å²) in [6.07, 6.45) is 5.65. The van der Waals surface area contributed by atoms with Crippen LogP contribution in [0.5, 0.6) is 0 Å². The zero-order valence-corrected chi connectivity index (χ0v) is 14.0. The second-order valence-electron chi connectivity index (χ2n) is 5.98. The minimum atomic E-state index is 1.07. The fraction of sp³-hybridized carbons (Fsp3) is 0. The van der Waals surface area contributed by atoms with Gasteiger partial charge < -0.3 is 4.57 Å². The molecule has 1 nitrogen and oxygen atoms in total. The van der Waals surface area contributed by atoms with Crippen LogP contribution in [0.25, 0.3) is 33.1 Å². The van der Waals surface area contributed by atoms with E-state index in [1.54, 1.807) is 6.08 Å². The minimum Gasteiger partial charge on any atom is -0.309 e. The van der Waals surface area contributed by atoms with Gasteiger partial charge in [-0.3, -0.25) is 0 Å². The highest BCUT2D eigenvalue weighted by Crippen LogP contribution is 2.32. The molecule has 0 spiro atoms. The molecule has 4 aromatic rings. The van der Waals surface area contributed by atoms with Crippen LogP contribution in [0, 0.1) is 0 Å². The Balaban J connectivity index is 2.03. The molecule has 0 saturated carbocycles. The number of benzene rings is 3. The van der Waals surface area contributed by atoms with Gasteiger partial charge in [-0.1, -0.05) is 79.9 Å². The van der Waals surface area contributed by atoms with Gasteiger partial charge in [0.05, 0.1) is 11.0 Å². The van der Waals surface area contributed by atoms with Crippen molar-refractivity contribution in [3.8, 4) is 5.69 Å². The second kappa shape index (κ2) is 6.29. The highest BCUT2D eigenvalue weighted by atomic mass is 15.0. The lowest BCUT2D eigenvalue weighted by Crippen LogP contribution is -1.94. The molecule has 0 aliphatic heterocycles. The van der Waals surface area contributed by atoms with E-state index in [9.17, 15) is 0 Å². The van der Waals surface area contributed by atoms with Gasteiger partial charge >= 0.3 is 0 Å². The Kier molecular flexibility index (Phi) is 3.83. The summed E-state index contributed by atoms with van der Waals surface area (Å²) in [4.78, 5) is 0. The predicted molar refractivity (Wildman–Crippen MR) is 109 cm³/mol. The first-order valence-corrected chi connectivity index (χ1v) is 8.37. The van der Waals surface area contributed by atoms with Crippen molar-refractivity contribution in [2.45, 2.75) is 0 Å². The van der Waals surface area contributed by atoms with Crippen LogP contribution in [-0.2, 0) is 0 Å². The summed E-state index contributed by atoms with van der Waals surface area (Å²) in [6, 6.07) is 25.6. The van der Waals surface area contributed by atoms with Crippen molar-refractivity contribution < 1.29 is 0 Å². The lowest BCUT2D eigenvalue weighted by Gasteiger charge is -2.10. The van der Waals surface area contributed by atoms with Gasteiger partial charge in [0.15, 0.2) is 0 Å². The van der Waals surface area contributed by atoms with Crippen molar-refractivity contribution in [1.82, 2.24) is 4.57 Å². The number of allylic oxidation sites excluding steroid dienone is 4. The average molecular weight is 321 g/mol. The minimum absolute atomic E-state index is 1.07. The Labute approximate surface area is 147 Å². The first kappa shape index (κ1) is 15.2. The molecule has 1 heterocycles. The average Bonchev–Trinajstić information content (AvgIpc) is 3.01. The van der Waals surface area contributed by atoms with E-state index in [2.05, 4.69) is 90.5 Å². The number of hydrogen-bond acceptors (Lipinski definition) is 0. The smallest absolute Gasteiger partial charge is 0.0541 e. The van der Waals surface area contributed by atoms with E-state index in [-0.39, 0.29) is 0 Å². The molecule has 0 amide bonds. The van der Waals surface area contributed by atoms with E-state index >= 15 is 0 Å². The van der Waals surface area contributed by atoms with Gasteiger partial charge in [0.2, 0.25) is 0 Å². The summed E-state index contributed by atoms with van der Waals surface area (Å²) < 4.78 is 2.32. The van der Waals surface area contributed by atoms with Crippen molar-refractivity contribution in [3.63, 3.8) is 0 Å². The molecule has 0 bridgehead atoms. The fourth-order valence-corrected chi connectivity index (χ4v) is 3.43. The molecule has 0 fully saturated rings. The van der Waals surface area contributed by atoms with Crippen LogP contribution in [0.4, 0.5) is 0 Å². The predicted octanol–water partition coefficient (Wildman–Crippen LogP) is 6.54. The maximum Gasteiger partial charge on any atom is 0.0541 e. The molecular formula is C24H19N. The lowest BCUT2D eigenvalue weighted by atomic mass is 10.0. The summed E-state index contributed by atoms with van der Waals surface area (Å²) in [5.41, 5.74) is 5.78. The molecule has 120 valence electrons. The van der Waals surface area contributed by atoms with Gasteiger partial charge in [0.25, 0.3) is 0 Å². The van der Waals surface area contributed by atoms with E-state index in [4.69, 9.17) is 0 Å². The van der Waals surface area contributed by atoms with Gasteiger partial charge in [-0.15, -0.1) is 0 Å². The monoisotopic (exact) mass is 321 g/mol. The standard InChI is InChI=1S/C24H19N/c1-3-10-18(4-2)19-11-9-12-20(17-19)25-23-15-7-5-13-21(23)22-14-6-8-16-24(22)25/h3-17H,1-2H2/b18-10+. The molecule has 0 N–H and O–H groups in total. The van der Waals surface area contributed by atoms with Gasteiger partial charge in [0, 0.05) is 16.5 Å². The molecule has 1 heteroatoms. The molecule has 25 heavy (non-hydrogen) atoms. The third-order valence-corrected chi connectivity index (χ3v) is 4.54. The molecule has 3 aromatic carbocycles. The first-order valence-electron chi connectivity index (χ1n) is 8.37. The zero-order chi connectivity index (χ0) is 17.2. The van der Waals surface area contributed by atoms with E-state index in [1.165, 1.54) is 21.8 Å². The van der Waals surface area contributed by atoms with Crippen LogP contribution >= 0.6 is 0 Å². The quantitative estimate of drug-likeness (QED) is 0.376. The highest BCUT2D eigenvalue weighted by molar-refractivity contribution is 6.09. The molecular weight excluding hydrogens is 302 g/mol. The van der Waals surface area contributed by atoms with Gasteiger partial charge in [-0.25, -0.2) is 0 Å².